The van der Waals surface area contributed by atoms with Crippen LogP contribution in [0.3, 0.4) is 0 Å². The largest absolute Gasteiger partial charge is 0.291 e. The van der Waals surface area contributed by atoms with Crippen LogP contribution in [0.15, 0.2) is 24.3 Å². The van der Waals surface area contributed by atoms with Gasteiger partial charge in [-0.15, -0.1) is 0 Å². The fraction of sp³-hybridized carbons (Fsp3) is 0.556. The van der Waals surface area contributed by atoms with Crippen molar-refractivity contribution < 1.29 is 9.59 Å². The summed E-state index contributed by atoms with van der Waals surface area (Å²) in [6, 6.07) is 7.31. The number of imide groups is 1. The van der Waals surface area contributed by atoms with Crippen molar-refractivity contribution in [2.45, 2.75) is 39.7 Å². The molecule has 2 saturated heterocycles. The van der Waals surface area contributed by atoms with E-state index in [1.165, 1.54) is 11.3 Å². The summed E-state index contributed by atoms with van der Waals surface area (Å²) < 4.78 is 0. The topological polar surface area (TPSA) is 40.6 Å². The molecule has 3 rings (SSSR count). The van der Waals surface area contributed by atoms with Crippen molar-refractivity contribution in [1.82, 2.24) is 4.90 Å². The predicted molar refractivity (Wildman–Crippen MR) is 86.6 cm³/mol. The third-order valence-corrected chi connectivity index (χ3v) is 4.75. The number of nitrogens with zero attached hydrogens (tertiary/aromatic N) is 2. The summed E-state index contributed by atoms with van der Waals surface area (Å²) in [7, 11) is 0. The van der Waals surface area contributed by atoms with Gasteiger partial charge in [-0.1, -0.05) is 31.5 Å². The first kappa shape index (κ1) is 15.2. The fourth-order valence-corrected chi connectivity index (χ4v) is 3.83. The number of amides is 2. The predicted octanol–water partition coefficient (Wildman–Crippen LogP) is 2.60. The van der Waals surface area contributed by atoms with E-state index in [0.717, 1.165) is 18.7 Å². The number of hydrogen-bond acceptors (Lipinski definition) is 3. The van der Waals surface area contributed by atoms with E-state index in [1.54, 1.807) is 0 Å². The molecule has 22 heavy (non-hydrogen) atoms. The second-order valence-corrected chi connectivity index (χ2v) is 7.02. The van der Waals surface area contributed by atoms with Gasteiger partial charge in [-0.25, -0.2) is 4.90 Å². The van der Waals surface area contributed by atoms with Crippen molar-refractivity contribution >= 4 is 17.5 Å². The average molecular weight is 300 g/mol. The lowest BCUT2D eigenvalue weighted by Crippen LogP contribution is -2.48. The summed E-state index contributed by atoms with van der Waals surface area (Å²) >= 11 is 0. The number of carbonyl (C=O) groups is 2. The molecule has 118 valence electrons. The molecule has 4 nitrogen and oxygen atoms in total. The van der Waals surface area contributed by atoms with E-state index in [4.69, 9.17) is 0 Å². The molecule has 0 aliphatic carbocycles. The van der Waals surface area contributed by atoms with Crippen molar-refractivity contribution in [2.24, 2.45) is 11.8 Å². The Labute approximate surface area is 132 Å². The Hall–Kier alpha value is -1.68. The minimum Gasteiger partial charge on any atom is -0.291 e. The summed E-state index contributed by atoms with van der Waals surface area (Å²) in [5, 5.41) is 0. The van der Waals surface area contributed by atoms with Gasteiger partial charge < -0.3 is 0 Å². The van der Waals surface area contributed by atoms with Gasteiger partial charge in [-0.3, -0.25) is 14.5 Å². The molecule has 0 saturated carbocycles. The lowest BCUT2D eigenvalue weighted by molar-refractivity contribution is -0.123. The Bertz CT molecular complexity index is 571. The quantitative estimate of drug-likeness (QED) is 0.788. The molecule has 0 unspecified atom stereocenters. The van der Waals surface area contributed by atoms with Crippen LogP contribution in [0.2, 0.25) is 0 Å². The molecule has 0 N–H and O–H groups in total. The molecule has 0 bridgehead atoms. The molecule has 2 amide bonds. The summed E-state index contributed by atoms with van der Waals surface area (Å²) in [4.78, 5) is 28.7. The Morgan fingerprint density at radius 2 is 1.59 bits per heavy atom. The third-order valence-electron chi connectivity index (χ3n) is 4.75. The molecular formula is C18H24N2O2. The molecular weight excluding hydrogens is 276 g/mol. The highest BCUT2D eigenvalue weighted by Gasteiger charge is 2.44. The van der Waals surface area contributed by atoms with Crippen LogP contribution >= 0.6 is 0 Å². The average Bonchev–Trinajstić information content (AvgIpc) is 2.74. The smallest absolute Gasteiger partial charge is 0.251 e. The van der Waals surface area contributed by atoms with E-state index in [-0.39, 0.29) is 17.9 Å². The van der Waals surface area contributed by atoms with E-state index in [1.807, 2.05) is 31.2 Å². The summed E-state index contributed by atoms with van der Waals surface area (Å²) in [5.74, 6) is 1.03. The number of rotatable bonds is 2. The van der Waals surface area contributed by atoms with Gasteiger partial charge in [0.15, 0.2) is 0 Å². The Kier molecular flexibility index (Phi) is 4.04. The van der Waals surface area contributed by atoms with Crippen molar-refractivity contribution in [2.75, 3.05) is 18.0 Å². The summed E-state index contributed by atoms with van der Waals surface area (Å²) in [6.07, 6.45) is 1.51. The lowest BCUT2D eigenvalue weighted by Gasteiger charge is -2.37. The minimum absolute atomic E-state index is 0.0600. The standard InChI is InChI=1S/C18H24N2O2/c1-12-4-6-15(7-5-12)20-17(21)9-16(18(20)22)19-10-13(2)8-14(3)11-19/h4-7,13-14,16H,8-11H2,1-3H3/t13-,14+,16-/m1/s1. The summed E-state index contributed by atoms with van der Waals surface area (Å²) in [5.41, 5.74) is 1.82. The molecule has 0 aromatic heterocycles. The third kappa shape index (κ3) is 2.80. The zero-order valence-electron chi connectivity index (χ0n) is 13.6. The van der Waals surface area contributed by atoms with Crippen LogP contribution in [0, 0.1) is 18.8 Å². The van der Waals surface area contributed by atoms with Gasteiger partial charge >= 0.3 is 0 Å². The first-order valence-electron chi connectivity index (χ1n) is 8.13. The number of likely N-dealkylation sites (tertiary alicyclic amines) is 1. The molecule has 2 aliphatic rings. The molecule has 4 heteroatoms. The Morgan fingerprint density at radius 1 is 1.00 bits per heavy atom. The monoisotopic (exact) mass is 300 g/mol. The Morgan fingerprint density at radius 3 is 2.18 bits per heavy atom. The van der Waals surface area contributed by atoms with Gasteiger partial charge in [0.25, 0.3) is 5.91 Å². The van der Waals surface area contributed by atoms with Crippen LogP contribution in [0.1, 0.15) is 32.3 Å². The molecule has 2 aliphatic heterocycles. The van der Waals surface area contributed by atoms with Crippen LogP contribution in [0.4, 0.5) is 5.69 Å². The first-order chi connectivity index (χ1) is 10.5. The number of hydrogen-bond donors (Lipinski definition) is 0. The highest BCUT2D eigenvalue weighted by Crippen LogP contribution is 2.30. The van der Waals surface area contributed by atoms with Crippen molar-refractivity contribution in [1.29, 1.82) is 0 Å². The molecule has 1 aromatic carbocycles. The highest BCUT2D eigenvalue weighted by atomic mass is 16.2. The number of carbonyl (C=O) groups excluding carboxylic acids is 2. The zero-order valence-corrected chi connectivity index (χ0v) is 13.6. The van der Waals surface area contributed by atoms with Crippen molar-refractivity contribution in [3.63, 3.8) is 0 Å². The fourth-order valence-electron chi connectivity index (χ4n) is 3.83. The van der Waals surface area contributed by atoms with Gasteiger partial charge in [0.1, 0.15) is 0 Å². The van der Waals surface area contributed by atoms with Gasteiger partial charge in [-0.2, -0.15) is 0 Å². The van der Waals surface area contributed by atoms with Gasteiger partial charge in [0, 0.05) is 13.1 Å². The first-order valence-corrected chi connectivity index (χ1v) is 8.13. The molecule has 1 aromatic rings. The van der Waals surface area contributed by atoms with E-state index < -0.39 is 0 Å². The maximum Gasteiger partial charge on any atom is 0.251 e. The lowest BCUT2D eigenvalue weighted by atomic mass is 9.90. The van der Waals surface area contributed by atoms with Crippen LogP contribution in [-0.2, 0) is 9.59 Å². The second kappa shape index (κ2) is 5.84. The normalized spacial score (nSPS) is 30.1. The zero-order chi connectivity index (χ0) is 15.9. The van der Waals surface area contributed by atoms with Crippen LogP contribution in [0.5, 0.6) is 0 Å². The Balaban J connectivity index is 1.80. The van der Waals surface area contributed by atoms with E-state index in [9.17, 15) is 9.59 Å². The number of aryl methyl sites for hydroxylation is 1. The minimum atomic E-state index is -0.279. The van der Waals surface area contributed by atoms with Crippen LogP contribution in [0.25, 0.3) is 0 Å². The van der Waals surface area contributed by atoms with E-state index in [0.29, 0.717) is 23.9 Å². The van der Waals surface area contributed by atoms with Gasteiger partial charge in [0.2, 0.25) is 5.91 Å². The van der Waals surface area contributed by atoms with E-state index >= 15 is 0 Å². The van der Waals surface area contributed by atoms with Gasteiger partial charge in [-0.05, 0) is 37.3 Å². The molecule has 3 atom stereocenters. The number of anilines is 1. The summed E-state index contributed by atoms with van der Waals surface area (Å²) in [6.45, 7) is 8.27. The molecule has 2 fully saturated rings. The maximum absolute atomic E-state index is 12.8. The molecule has 0 spiro atoms. The molecule has 0 radical (unpaired) electrons. The maximum atomic E-state index is 12.8. The number of piperidine rings is 1. The van der Waals surface area contributed by atoms with Crippen LogP contribution in [-0.4, -0.2) is 35.8 Å². The second-order valence-electron chi connectivity index (χ2n) is 7.02. The van der Waals surface area contributed by atoms with Crippen molar-refractivity contribution in [3.05, 3.63) is 29.8 Å². The van der Waals surface area contributed by atoms with Crippen molar-refractivity contribution in [3.8, 4) is 0 Å². The highest BCUT2D eigenvalue weighted by molar-refractivity contribution is 6.22. The SMILES string of the molecule is Cc1ccc(N2C(=O)C[C@@H](N3C[C@H](C)C[C@H](C)C3)C2=O)cc1. The van der Waals surface area contributed by atoms with Crippen LogP contribution < -0.4 is 4.90 Å². The number of benzene rings is 1. The molecule has 2 heterocycles. The van der Waals surface area contributed by atoms with Gasteiger partial charge in [0.05, 0.1) is 18.2 Å². The van der Waals surface area contributed by atoms with E-state index in [2.05, 4.69) is 18.7 Å².